The van der Waals surface area contributed by atoms with Crippen LogP contribution in [0.3, 0.4) is 0 Å². The predicted octanol–water partition coefficient (Wildman–Crippen LogP) is 4.85. The molecule has 150 valence electrons. The van der Waals surface area contributed by atoms with Gasteiger partial charge in [-0.15, -0.1) is 0 Å². The van der Waals surface area contributed by atoms with Crippen molar-refractivity contribution in [2.75, 3.05) is 19.8 Å². The molecular weight excluding hydrogens is 388 g/mol. The number of ether oxygens (including phenoxy) is 3. The van der Waals surface area contributed by atoms with E-state index in [1.807, 2.05) is 51.1 Å². The Balaban J connectivity index is 2.96. The summed E-state index contributed by atoms with van der Waals surface area (Å²) in [5, 5.41) is 19.9. The third kappa shape index (κ3) is 4.87. The molecule has 0 saturated heterocycles. The first-order valence-electron chi connectivity index (χ1n) is 9.19. The number of benzene rings is 1. The first-order valence-corrected chi connectivity index (χ1v) is 9.60. The highest BCUT2D eigenvalue weighted by Gasteiger charge is 2.25. The molecule has 29 heavy (non-hydrogen) atoms. The number of pyridine rings is 1. The molecule has 7 nitrogen and oxygen atoms in total. The Bertz CT molecular complexity index is 998. The zero-order chi connectivity index (χ0) is 21.2. The van der Waals surface area contributed by atoms with Crippen molar-refractivity contribution in [2.24, 2.45) is 4.99 Å². The van der Waals surface area contributed by atoms with Crippen LogP contribution in [0.15, 0.2) is 35.3 Å². The average molecular weight is 410 g/mol. The summed E-state index contributed by atoms with van der Waals surface area (Å²) >= 11 is 5.61. The lowest BCUT2D eigenvalue weighted by molar-refractivity contribution is -0.185. The van der Waals surface area contributed by atoms with E-state index in [0.29, 0.717) is 30.9 Å². The van der Waals surface area contributed by atoms with Gasteiger partial charge in [-0.1, -0.05) is 42.5 Å². The number of hydrogen-bond acceptors (Lipinski definition) is 7. The van der Waals surface area contributed by atoms with Crippen molar-refractivity contribution in [1.29, 1.82) is 10.5 Å². The smallest absolute Gasteiger partial charge is 0.246 e. The van der Waals surface area contributed by atoms with Crippen molar-refractivity contribution >= 4 is 24.4 Å². The maximum absolute atomic E-state index is 9.99. The largest absolute Gasteiger partial charge is 0.483 e. The molecule has 0 N–H and O–H groups in total. The second-order valence-electron chi connectivity index (χ2n) is 5.62. The van der Waals surface area contributed by atoms with Gasteiger partial charge in [-0.3, -0.25) is 4.57 Å². The van der Waals surface area contributed by atoms with Crippen LogP contribution in [0, 0.1) is 27.3 Å². The van der Waals surface area contributed by atoms with Gasteiger partial charge in [0.25, 0.3) is 0 Å². The summed E-state index contributed by atoms with van der Waals surface area (Å²) in [7, 11) is 0. The Morgan fingerprint density at radius 2 is 1.66 bits per heavy atom. The number of hydrogen-bond donors (Lipinski definition) is 0. The summed E-state index contributed by atoms with van der Waals surface area (Å²) in [6, 6.07) is 13.5. The number of rotatable bonds is 9. The average Bonchev–Trinajstić information content (AvgIpc) is 2.74. The van der Waals surface area contributed by atoms with E-state index in [2.05, 4.69) is 17.1 Å². The molecule has 0 atom stereocenters. The summed E-state index contributed by atoms with van der Waals surface area (Å²) in [6.07, 6.45) is 0.312. The Hall–Kier alpha value is -3.04. The summed E-state index contributed by atoms with van der Waals surface area (Å²) in [4.78, 5) is 4.33. The maximum atomic E-state index is 9.99. The van der Waals surface area contributed by atoms with Gasteiger partial charge in [0.05, 0.1) is 12.2 Å². The zero-order valence-corrected chi connectivity index (χ0v) is 17.4. The molecule has 0 aliphatic carbocycles. The quantitative estimate of drug-likeness (QED) is 0.254. The zero-order valence-electron chi connectivity index (χ0n) is 16.6. The second-order valence-corrected chi connectivity index (χ2v) is 6.01. The summed E-state index contributed by atoms with van der Waals surface area (Å²) in [5.41, 5.74) is 1.48. The summed E-state index contributed by atoms with van der Waals surface area (Å²) in [5.74, 6) is 0.204. The molecule has 0 aliphatic heterocycles. The molecule has 1 heterocycles. The van der Waals surface area contributed by atoms with Crippen LogP contribution in [-0.4, -0.2) is 30.8 Å². The molecule has 0 spiro atoms. The Kier molecular flexibility index (Phi) is 8.50. The van der Waals surface area contributed by atoms with Crippen LogP contribution in [-0.2, 0) is 14.2 Å². The van der Waals surface area contributed by atoms with E-state index in [4.69, 9.17) is 26.4 Å². The van der Waals surface area contributed by atoms with E-state index in [1.54, 1.807) is 0 Å². The molecule has 0 radical (unpaired) electrons. The van der Waals surface area contributed by atoms with Crippen LogP contribution in [0.2, 0.25) is 0 Å². The minimum atomic E-state index is -0.935. The minimum absolute atomic E-state index is 0.168. The van der Waals surface area contributed by atoms with Crippen LogP contribution in [0.5, 0.6) is 0 Å². The van der Waals surface area contributed by atoms with E-state index in [0.717, 1.165) is 0 Å². The molecule has 0 bridgehead atoms. The standard InChI is InChI=1S/C21H22N4O3S/c1-4-26-14-24-19-16(12-22)18(15-10-8-7-9-11-15)17(13-23)20(29)25(19)21(27-5-2)28-6-3/h7-11,14,21H,4-6H2,1-3H3/b24-14+. The molecule has 2 rings (SSSR count). The van der Waals surface area contributed by atoms with E-state index >= 15 is 0 Å². The first kappa shape index (κ1) is 22.3. The van der Waals surface area contributed by atoms with Crippen LogP contribution in [0.25, 0.3) is 11.1 Å². The highest BCUT2D eigenvalue weighted by molar-refractivity contribution is 7.71. The van der Waals surface area contributed by atoms with Gasteiger partial charge in [-0.25, -0.2) is 4.99 Å². The van der Waals surface area contributed by atoms with Crippen LogP contribution in [0.1, 0.15) is 38.3 Å². The topological polar surface area (TPSA) is 92.6 Å². The van der Waals surface area contributed by atoms with Crippen molar-refractivity contribution < 1.29 is 14.2 Å². The number of nitriles is 2. The highest BCUT2D eigenvalue weighted by atomic mass is 32.1. The van der Waals surface area contributed by atoms with Gasteiger partial charge in [0.1, 0.15) is 22.3 Å². The number of nitrogens with zero attached hydrogens (tertiary/aromatic N) is 4. The predicted molar refractivity (Wildman–Crippen MR) is 112 cm³/mol. The van der Waals surface area contributed by atoms with Crippen molar-refractivity contribution in [3.05, 3.63) is 46.1 Å². The maximum Gasteiger partial charge on any atom is 0.246 e. The molecule has 0 unspecified atom stereocenters. The fraction of sp³-hybridized carbons (Fsp3) is 0.333. The van der Waals surface area contributed by atoms with Gasteiger partial charge in [-0.2, -0.15) is 10.5 Å². The molecular formula is C21H22N4O3S. The van der Waals surface area contributed by atoms with Crippen molar-refractivity contribution in [3.8, 4) is 23.3 Å². The van der Waals surface area contributed by atoms with Crippen molar-refractivity contribution in [2.45, 2.75) is 27.2 Å². The normalized spacial score (nSPS) is 10.8. The third-order valence-corrected chi connectivity index (χ3v) is 4.32. The van der Waals surface area contributed by atoms with Gasteiger partial charge in [0.15, 0.2) is 12.2 Å². The minimum Gasteiger partial charge on any atom is -0.483 e. The Labute approximate surface area is 175 Å². The Morgan fingerprint density at radius 1 is 1.03 bits per heavy atom. The fourth-order valence-electron chi connectivity index (χ4n) is 2.75. The van der Waals surface area contributed by atoms with Gasteiger partial charge >= 0.3 is 0 Å². The molecule has 0 aliphatic rings. The van der Waals surface area contributed by atoms with Gasteiger partial charge < -0.3 is 14.2 Å². The molecule has 8 heteroatoms. The van der Waals surface area contributed by atoms with E-state index < -0.39 is 6.41 Å². The van der Waals surface area contributed by atoms with E-state index in [-0.39, 0.29) is 21.6 Å². The summed E-state index contributed by atoms with van der Waals surface area (Å²) in [6.45, 7) is 6.53. The van der Waals surface area contributed by atoms with Gasteiger partial charge in [0.2, 0.25) is 6.41 Å². The monoisotopic (exact) mass is 410 g/mol. The molecule has 0 fully saturated rings. The van der Waals surface area contributed by atoms with Crippen LogP contribution >= 0.6 is 12.2 Å². The third-order valence-electron chi connectivity index (χ3n) is 3.92. The molecule has 1 aromatic heterocycles. The first-order chi connectivity index (χ1) is 14.1. The lowest BCUT2D eigenvalue weighted by Gasteiger charge is -2.24. The van der Waals surface area contributed by atoms with Crippen molar-refractivity contribution in [1.82, 2.24) is 4.57 Å². The fourth-order valence-corrected chi connectivity index (χ4v) is 3.07. The molecule has 0 saturated carbocycles. The molecule has 0 amide bonds. The summed E-state index contributed by atoms with van der Waals surface area (Å²) < 4.78 is 18.2. The van der Waals surface area contributed by atoms with Crippen LogP contribution < -0.4 is 0 Å². The number of aliphatic imine (C=N–C) groups is 1. The lowest BCUT2D eigenvalue weighted by atomic mass is 9.96. The second kappa shape index (κ2) is 11.1. The van der Waals surface area contributed by atoms with Gasteiger partial charge in [-0.05, 0) is 26.3 Å². The number of aromatic nitrogens is 1. The molecule has 1 aromatic carbocycles. The highest BCUT2D eigenvalue weighted by Crippen LogP contribution is 2.37. The van der Waals surface area contributed by atoms with Gasteiger partial charge in [0, 0.05) is 18.8 Å². The Morgan fingerprint density at radius 3 is 2.17 bits per heavy atom. The van der Waals surface area contributed by atoms with E-state index in [9.17, 15) is 10.5 Å². The van der Waals surface area contributed by atoms with Crippen molar-refractivity contribution in [3.63, 3.8) is 0 Å². The van der Waals surface area contributed by atoms with E-state index in [1.165, 1.54) is 11.0 Å². The van der Waals surface area contributed by atoms with Crippen LogP contribution in [0.4, 0.5) is 5.82 Å². The lowest BCUT2D eigenvalue weighted by Crippen LogP contribution is -2.20. The SMILES string of the molecule is CCO/C=N/c1c(C#N)c(-c2ccccc2)c(C#N)c(=S)n1C(OCC)OCC. The molecule has 2 aromatic rings.